The fraction of sp³-hybridized carbons (Fsp3) is 0. The van der Waals surface area contributed by atoms with Crippen molar-refractivity contribution in [3.05, 3.63) is 36.4 Å². The van der Waals surface area contributed by atoms with Crippen molar-refractivity contribution < 1.29 is 10.2 Å². The highest BCUT2D eigenvalue weighted by molar-refractivity contribution is 5.79. The Balaban J connectivity index is 2.62. The number of anilines is 2. The van der Waals surface area contributed by atoms with Crippen molar-refractivity contribution >= 4 is 11.4 Å². The van der Waals surface area contributed by atoms with Gasteiger partial charge in [-0.05, 0) is 30.3 Å². The molecule has 0 amide bonds. The van der Waals surface area contributed by atoms with E-state index in [0.29, 0.717) is 22.5 Å². The van der Waals surface area contributed by atoms with Gasteiger partial charge in [0.15, 0.2) is 0 Å². The van der Waals surface area contributed by atoms with Crippen LogP contribution in [0, 0.1) is 0 Å². The first kappa shape index (κ1) is 10.2. The maximum atomic E-state index is 9.73. The summed E-state index contributed by atoms with van der Waals surface area (Å²) < 4.78 is 0. The molecule has 0 radical (unpaired) electrons. The molecule has 0 saturated carbocycles. The van der Waals surface area contributed by atoms with Crippen molar-refractivity contribution in [3.8, 4) is 22.6 Å². The van der Waals surface area contributed by atoms with Gasteiger partial charge < -0.3 is 21.7 Å². The number of phenols is 2. The van der Waals surface area contributed by atoms with Crippen LogP contribution in [0.2, 0.25) is 0 Å². The fourth-order valence-corrected chi connectivity index (χ4v) is 1.55. The summed E-state index contributed by atoms with van der Waals surface area (Å²) in [6.45, 7) is 0. The van der Waals surface area contributed by atoms with Gasteiger partial charge in [-0.3, -0.25) is 0 Å². The molecule has 4 heteroatoms. The Morgan fingerprint density at radius 1 is 0.688 bits per heavy atom. The van der Waals surface area contributed by atoms with E-state index in [9.17, 15) is 10.2 Å². The Morgan fingerprint density at radius 2 is 1.31 bits per heavy atom. The van der Waals surface area contributed by atoms with Gasteiger partial charge in [-0.2, -0.15) is 0 Å². The normalized spacial score (nSPS) is 10.2. The molecular weight excluding hydrogens is 204 g/mol. The van der Waals surface area contributed by atoms with E-state index in [1.165, 1.54) is 12.1 Å². The van der Waals surface area contributed by atoms with Crippen molar-refractivity contribution in [1.82, 2.24) is 0 Å². The lowest BCUT2D eigenvalue weighted by Gasteiger charge is -2.08. The average molecular weight is 216 g/mol. The van der Waals surface area contributed by atoms with E-state index < -0.39 is 0 Å². The third-order valence-electron chi connectivity index (χ3n) is 2.33. The molecule has 0 spiro atoms. The summed E-state index contributed by atoms with van der Waals surface area (Å²) in [4.78, 5) is 0. The number of hydrogen-bond donors (Lipinski definition) is 4. The Hall–Kier alpha value is -2.36. The first-order valence-corrected chi connectivity index (χ1v) is 4.75. The third-order valence-corrected chi connectivity index (χ3v) is 2.33. The average Bonchev–Trinajstić information content (AvgIpc) is 2.22. The van der Waals surface area contributed by atoms with E-state index in [-0.39, 0.29) is 11.5 Å². The smallest absolute Gasteiger partial charge is 0.125 e. The zero-order valence-electron chi connectivity index (χ0n) is 8.51. The monoisotopic (exact) mass is 216 g/mol. The molecule has 0 aromatic heterocycles. The summed E-state index contributed by atoms with van der Waals surface area (Å²) in [6.07, 6.45) is 0. The predicted octanol–water partition coefficient (Wildman–Crippen LogP) is 1.93. The van der Waals surface area contributed by atoms with Gasteiger partial charge in [-0.25, -0.2) is 0 Å². The third kappa shape index (κ3) is 1.72. The van der Waals surface area contributed by atoms with Crippen LogP contribution < -0.4 is 11.5 Å². The van der Waals surface area contributed by atoms with Crippen LogP contribution >= 0.6 is 0 Å². The Kier molecular flexibility index (Phi) is 2.32. The zero-order valence-corrected chi connectivity index (χ0v) is 8.51. The topological polar surface area (TPSA) is 92.5 Å². The van der Waals surface area contributed by atoms with Crippen LogP contribution in [0.3, 0.4) is 0 Å². The van der Waals surface area contributed by atoms with E-state index in [4.69, 9.17) is 11.5 Å². The number of nitrogen functional groups attached to an aromatic ring is 2. The highest BCUT2D eigenvalue weighted by Crippen LogP contribution is 2.37. The lowest BCUT2D eigenvalue weighted by atomic mass is 10.0. The van der Waals surface area contributed by atoms with E-state index in [2.05, 4.69) is 0 Å². The van der Waals surface area contributed by atoms with Gasteiger partial charge in [0.05, 0.1) is 0 Å². The highest BCUT2D eigenvalue weighted by atomic mass is 16.3. The maximum absolute atomic E-state index is 9.73. The SMILES string of the molecule is Nc1ccc(-c2cc(N)ccc2O)c(O)c1. The van der Waals surface area contributed by atoms with Crippen molar-refractivity contribution in [2.45, 2.75) is 0 Å². The number of benzene rings is 2. The largest absolute Gasteiger partial charge is 0.507 e. The lowest BCUT2D eigenvalue weighted by molar-refractivity contribution is 0.469. The highest BCUT2D eigenvalue weighted by Gasteiger charge is 2.09. The van der Waals surface area contributed by atoms with Gasteiger partial charge in [0.1, 0.15) is 11.5 Å². The molecule has 0 aliphatic rings. The zero-order chi connectivity index (χ0) is 11.7. The molecule has 2 aromatic carbocycles. The number of phenolic OH excluding ortho intramolecular Hbond substituents is 2. The van der Waals surface area contributed by atoms with Crippen LogP contribution in [0.25, 0.3) is 11.1 Å². The first-order valence-electron chi connectivity index (χ1n) is 4.75. The first-order chi connectivity index (χ1) is 7.58. The van der Waals surface area contributed by atoms with Gasteiger partial charge in [0.25, 0.3) is 0 Å². The molecule has 0 atom stereocenters. The lowest BCUT2D eigenvalue weighted by Crippen LogP contribution is -1.88. The molecule has 0 unspecified atom stereocenters. The molecule has 16 heavy (non-hydrogen) atoms. The molecule has 0 aliphatic carbocycles. The molecule has 2 aromatic rings. The van der Waals surface area contributed by atoms with Crippen molar-refractivity contribution in [2.75, 3.05) is 11.5 Å². The Labute approximate surface area is 92.8 Å². The minimum absolute atomic E-state index is 0.0147. The predicted molar refractivity (Wildman–Crippen MR) is 64.0 cm³/mol. The molecule has 0 heterocycles. The number of hydrogen-bond acceptors (Lipinski definition) is 4. The number of aromatic hydroxyl groups is 2. The molecule has 82 valence electrons. The fourth-order valence-electron chi connectivity index (χ4n) is 1.55. The van der Waals surface area contributed by atoms with E-state index in [0.717, 1.165) is 0 Å². The summed E-state index contributed by atoms with van der Waals surface area (Å²) in [5, 5.41) is 19.4. The van der Waals surface area contributed by atoms with Crippen molar-refractivity contribution in [2.24, 2.45) is 0 Å². The minimum atomic E-state index is 0.0147. The van der Waals surface area contributed by atoms with Crippen LogP contribution in [-0.4, -0.2) is 10.2 Å². The Bertz CT molecular complexity index is 539. The minimum Gasteiger partial charge on any atom is -0.507 e. The van der Waals surface area contributed by atoms with Crippen molar-refractivity contribution in [1.29, 1.82) is 0 Å². The number of nitrogens with two attached hydrogens (primary N) is 2. The van der Waals surface area contributed by atoms with Crippen LogP contribution in [0.4, 0.5) is 11.4 Å². The molecule has 2 rings (SSSR count). The van der Waals surface area contributed by atoms with Gasteiger partial charge in [0, 0.05) is 28.6 Å². The molecule has 0 fully saturated rings. The summed E-state index contributed by atoms with van der Waals surface area (Å²) >= 11 is 0. The van der Waals surface area contributed by atoms with Gasteiger partial charge in [0.2, 0.25) is 0 Å². The second kappa shape index (κ2) is 3.66. The molecule has 6 N–H and O–H groups in total. The number of rotatable bonds is 1. The van der Waals surface area contributed by atoms with Crippen LogP contribution in [-0.2, 0) is 0 Å². The van der Waals surface area contributed by atoms with Gasteiger partial charge in [-0.15, -0.1) is 0 Å². The van der Waals surface area contributed by atoms with Crippen LogP contribution in [0.15, 0.2) is 36.4 Å². The molecular formula is C12H12N2O2. The van der Waals surface area contributed by atoms with E-state index >= 15 is 0 Å². The molecule has 4 nitrogen and oxygen atoms in total. The second-order valence-electron chi connectivity index (χ2n) is 3.55. The molecule has 0 aliphatic heterocycles. The summed E-state index contributed by atoms with van der Waals surface area (Å²) in [5.74, 6) is 0.0789. The van der Waals surface area contributed by atoms with Gasteiger partial charge >= 0.3 is 0 Å². The maximum Gasteiger partial charge on any atom is 0.125 e. The summed E-state index contributed by atoms with van der Waals surface area (Å²) in [5.41, 5.74) is 13.1. The van der Waals surface area contributed by atoms with Crippen molar-refractivity contribution in [3.63, 3.8) is 0 Å². The summed E-state index contributed by atoms with van der Waals surface area (Å²) in [7, 11) is 0. The summed E-state index contributed by atoms with van der Waals surface area (Å²) in [6, 6.07) is 9.39. The second-order valence-corrected chi connectivity index (χ2v) is 3.55. The van der Waals surface area contributed by atoms with Crippen LogP contribution in [0.1, 0.15) is 0 Å². The van der Waals surface area contributed by atoms with Gasteiger partial charge in [-0.1, -0.05) is 0 Å². The molecule has 0 bridgehead atoms. The van der Waals surface area contributed by atoms with Crippen LogP contribution in [0.5, 0.6) is 11.5 Å². The van der Waals surface area contributed by atoms with E-state index in [1.807, 2.05) is 0 Å². The quantitative estimate of drug-likeness (QED) is 0.433. The standard InChI is InChI=1S/C12H12N2O2/c13-7-2-4-11(15)10(5-7)9-3-1-8(14)6-12(9)16/h1-6,15-16H,13-14H2. The van der Waals surface area contributed by atoms with E-state index in [1.54, 1.807) is 24.3 Å². The Morgan fingerprint density at radius 3 is 2.00 bits per heavy atom. The molecule has 0 saturated heterocycles.